The average Bonchev–Trinajstić information content (AvgIpc) is 2.96. The second-order valence-electron chi connectivity index (χ2n) is 5.40. The maximum atomic E-state index is 11.4. The van der Waals surface area contributed by atoms with E-state index in [0.717, 1.165) is 12.8 Å². The molecule has 0 bridgehead atoms. The lowest BCUT2D eigenvalue weighted by molar-refractivity contribution is -0.120. The summed E-state index contributed by atoms with van der Waals surface area (Å²) >= 11 is 0. The standard InChI is InChI=1S/C12H16N2O4S/c15-10-3-1-8(2-4-10)12-13-11(14-18-12)9-5-6-19(16,17)7-9/h8-9H,1-7H2. The first kappa shape index (κ1) is 12.8. The van der Waals surface area contributed by atoms with Crippen LogP contribution in [-0.2, 0) is 14.6 Å². The number of carbonyl (C=O) groups excluding carboxylic acids is 1. The Morgan fingerprint density at radius 1 is 1.11 bits per heavy atom. The van der Waals surface area contributed by atoms with Gasteiger partial charge in [0.1, 0.15) is 5.78 Å². The zero-order valence-corrected chi connectivity index (χ0v) is 11.4. The molecule has 7 heteroatoms. The zero-order chi connectivity index (χ0) is 13.5. The Balaban J connectivity index is 1.71. The molecule has 1 unspecified atom stereocenters. The van der Waals surface area contributed by atoms with Crippen LogP contribution in [0.5, 0.6) is 0 Å². The molecular formula is C12H16N2O4S. The van der Waals surface area contributed by atoms with Crippen LogP contribution in [0.2, 0.25) is 0 Å². The molecule has 1 saturated carbocycles. The predicted molar refractivity (Wildman–Crippen MR) is 66.5 cm³/mol. The molecule has 2 aliphatic rings. The second-order valence-corrected chi connectivity index (χ2v) is 7.63. The second kappa shape index (κ2) is 4.70. The molecule has 1 aliphatic carbocycles. The quantitative estimate of drug-likeness (QED) is 0.810. The third-order valence-electron chi connectivity index (χ3n) is 3.95. The highest BCUT2D eigenvalue weighted by atomic mass is 32.2. The molecule has 1 aromatic heterocycles. The van der Waals surface area contributed by atoms with Gasteiger partial charge in [0.25, 0.3) is 0 Å². The summed E-state index contributed by atoms with van der Waals surface area (Å²) < 4.78 is 28.1. The van der Waals surface area contributed by atoms with Crippen LogP contribution in [0.3, 0.4) is 0 Å². The Labute approximate surface area is 111 Å². The molecule has 1 aliphatic heterocycles. The van der Waals surface area contributed by atoms with Crippen molar-refractivity contribution >= 4 is 15.6 Å². The van der Waals surface area contributed by atoms with Gasteiger partial charge in [0.05, 0.1) is 11.5 Å². The van der Waals surface area contributed by atoms with E-state index in [4.69, 9.17) is 4.52 Å². The Bertz CT molecular complexity index is 583. The van der Waals surface area contributed by atoms with Crippen molar-refractivity contribution in [3.63, 3.8) is 0 Å². The van der Waals surface area contributed by atoms with Gasteiger partial charge in [-0.1, -0.05) is 5.16 Å². The Morgan fingerprint density at radius 2 is 1.84 bits per heavy atom. The van der Waals surface area contributed by atoms with Gasteiger partial charge in [-0.2, -0.15) is 4.98 Å². The van der Waals surface area contributed by atoms with Crippen LogP contribution < -0.4 is 0 Å². The molecule has 1 aromatic rings. The van der Waals surface area contributed by atoms with Gasteiger partial charge in [-0.25, -0.2) is 8.42 Å². The summed E-state index contributed by atoms with van der Waals surface area (Å²) in [6.45, 7) is 0. The van der Waals surface area contributed by atoms with Gasteiger partial charge >= 0.3 is 0 Å². The minimum atomic E-state index is -2.93. The van der Waals surface area contributed by atoms with Crippen LogP contribution in [0.25, 0.3) is 0 Å². The molecule has 1 saturated heterocycles. The van der Waals surface area contributed by atoms with Crippen molar-refractivity contribution in [3.05, 3.63) is 11.7 Å². The van der Waals surface area contributed by atoms with Crippen molar-refractivity contribution in [2.45, 2.75) is 43.9 Å². The van der Waals surface area contributed by atoms with Crippen LogP contribution in [0.15, 0.2) is 4.52 Å². The summed E-state index contributed by atoms with van der Waals surface area (Å²) in [5.41, 5.74) is 0. The van der Waals surface area contributed by atoms with Crippen molar-refractivity contribution in [2.24, 2.45) is 0 Å². The molecule has 0 aromatic carbocycles. The molecule has 0 amide bonds. The van der Waals surface area contributed by atoms with Crippen molar-refractivity contribution < 1.29 is 17.7 Å². The topological polar surface area (TPSA) is 90.1 Å². The fraction of sp³-hybridized carbons (Fsp3) is 0.750. The number of hydrogen-bond donors (Lipinski definition) is 0. The number of sulfone groups is 1. The monoisotopic (exact) mass is 284 g/mol. The Kier molecular flexibility index (Phi) is 3.16. The highest BCUT2D eigenvalue weighted by Gasteiger charge is 2.33. The third-order valence-corrected chi connectivity index (χ3v) is 5.72. The summed E-state index contributed by atoms with van der Waals surface area (Å²) in [5.74, 6) is 1.71. The molecule has 3 rings (SSSR count). The largest absolute Gasteiger partial charge is 0.339 e. The van der Waals surface area contributed by atoms with Crippen LogP contribution in [-0.4, -0.2) is 35.8 Å². The van der Waals surface area contributed by atoms with Crippen molar-refractivity contribution in [3.8, 4) is 0 Å². The lowest BCUT2D eigenvalue weighted by Gasteiger charge is -2.16. The van der Waals surface area contributed by atoms with Crippen LogP contribution >= 0.6 is 0 Å². The molecule has 0 N–H and O–H groups in total. The first-order valence-electron chi connectivity index (χ1n) is 6.59. The van der Waals surface area contributed by atoms with Gasteiger partial charge in [0.15, 0.2) is 15.7 Å². The molecule has 6 nitrogen and oxygen atoms in total. The number of nitrogens with zero attached hydrogens (tertiary/aromatic N) is 2. The van der Waals surface area contributed by atoms with E-state index in [-0.39, 0.29) is 29.1 Å². The van der Waals surface area contributed by atoms with E-state index in [2.05, 4.69) is 10.1 Å². The number of rotatable bonds is 2. The predicted octanol–water partition coefficient (Wildman–Crippen LogP) is 1.20. The molecule has 19 heavy (non-hydrogen) atoms. The molecule has 104 valence electrons. The van der Waals surface area contributed by atoms with Gasteiger partial charge in [0, 0.05) is 24.7 Å². The summed E-state index contributed by atoms with van der Waals surface area (Å²) in [6.07, 6.45) is 3.22. The number of Topliss-reactive ketones (excluding diaryl/α,β-unsaturated/α-hetero) is 1. The lowest BCUT2D eigenvalue weighted by Crippen LogP contribution is -2.12. The highest BCUT2D eigenvalue weighted by molar-refractivity contribution is 7.91. The first-order valence-corrected chi connectivity index (χ1v) is 8.41. The maximum Gasteiger partial charge on any atom is 0.229 e. The van der Waals surface area contributed by atoms with E-state index >= 15 is 0 Å². The van der Waals surface area contributed by atoms with Gasteiger partial charge < -0.3 is 4.52 Å². The van der Waals surface area contributed by atoms with E-state index in [1.54, 1.807) is 0 Å². The summed E-state index contributed by atoms with van der Waals surface area (Å²) in [7, 11) is -2.93. The molecule has 2 heterocycles. The molecule has 1 atom stereocenters. The van der Waals surface area contributed by atoms with Crippen LogP contribution in [0, 0.1) is 0 Å². The van der Waals surface area contributed by atoms with Crippen molar-refractivity contribution in [2.75, 3.05) is 11.5 Å². The highest BCUT2D eigenvalue weighted by Crippen LogP contribution is 2.32. The van der Waals surface area contributed by atoms with Gasteiger partial charge in [0.2, 0.25) is 5.89 Å². The van der Waals surface area contributed by atoms with E-state index in [9.17, 15) is 13.2 Å². The van der Waals surface area contributed by atoms with Crippen molar-refractivity contribution in [1.82, 2.24) is 10.1 Å². The molecule has 0 radical (unpaired) electrons. The van der Waals surface area contributed by atoms with Gasteiger partial charge in [-0.15, -0.1) is 0 Å². The maximum absolute atomic E-state index is 11.4. The fourth-order valence-corrected chi connectivity index (χ4v) is 4.50. The summed E-state index contributed by atoms with van der Waals surface area (Å²) in [5, 5.41) is 3.92. The van der Waals surface area contributed by atoms with Crippen molar-refractivity contribution in [1.29, 1.82) is 0 Å². The number of aromatic nitrogens is 2. The summed E-state index contributed by atoms with van der Waals surface area (Å²) in [4.78, 5) is 15.5. The zero-order valence-electron chi connectivity index (χ0n) is 10.5. The Hall–Kier alpha value is -1.24. The van der Waals surface area contributed by atoms with Gasteiger partial charge in [-0.3, -0.25) is 4.79 Å². The molecule has 0 spiro atoms. The minimum Gasteiger partial charge on any atom is -0.339 e. The van der Waals surface area contributed by atoms with Gasteiger partial charge in [-0.05, 0) is 19.3 Å². The van der Waals surface area contributed by atoms with E-state index in [1.807, 2.05) is 0 Å². The van der Waals surface area contributed by atoms with Crippen LogP contribution in [0.1, 0.15) is 55.7 Å². The number of ketones is 1. The smallest absolute Gasteiger partial charge is 0.229 e. The van der Waals surface area contributed by atoms with E-state index in [1.165, 1.54) is 0 Å². The SMILES string of the molecule is O=C1CCC(c2nc(C3CCS(=O)(=O)C3)no2)CC1. The number of hydrogen-bond acceptors (Lipinski definition) is 6. The lowest BCUT2D eigenvalue weighted by atomic mass is 9.88. The fourth-order valence-electron chi connectivity index (χ4n) is 2.76. The minimum absolute atomic E-state index is 0.120. The summed E-state index contributed by atoms with van der Waals surface area (Å²) in [6, 6.07) is 0. The average molecular weight is 284 g/mol. The third kappa shape index (κ3) is 2.70. The van der Waals surface area contributed by atoms with Crippen LogP contribution in [0.4, 0.5) is 0 Å². The normalized spacial score (nSPS) is 27.8. The van der Waals surface area contributed by atoms with E-state index in [0.29, 0.717) is 31.0 Å². The molecular weight excluding hydrogens is 268 g/mol. The van der Waals surface area contributed by atoms with E-state index < -0.39 is 9.84 Å². The molecule has 2 fully saturated rings. The first-order chi connectivity index (χ1) is 9.03. The Morgan fingerprint density at radius 3 is 2.47 bits per heavy atom. The number of carbonyl (C=O) groups is 1.